The zero-order valence-electron chi connectivity index (χ0n) is 12.1. The third-order valence-electron chi connectivity index (χ3n) is 3.58. The molecule has 0 radical (unpaired) electrons. The number of aromatic nitrogens is 1. The maximum Gasteiger partial charge on any atom is 0.408 e. The lowest BCUT2D eigenvalue weighted by Gasteiger charge is -2.40. The van der Waals surface area contributed by atoms with Gasteiger partial charge in [-0.05, 0) is 19.8 Å². The lowest BCUT2D eigenvalue weighted by atomic mass is 9.97. The second kappa shape index (κ2) is 5.98. The van der Waals surface area contributed by atoms with Crippen LogP contribution in [-0.2, 0) is 4.79 Å². The summed E-state index contributed by atoms with van der Waals surface area (Å²) in [6, 6.07) is -2.40. The summed E-state index contributed by atoms with van der Waals surface area (Å²) in [5.74, 6) is -1.03. The summed E-state index contributed by atoms with van der Waals surface area (Å²) in [6.07, 6.45) is -3.63. The number of halogens is 3. The van der Waals surface area contributed by atoms with Crippen molar-refractivity contribution in [1.82, 2.24) is 15.2 Å². The molecule has 1 aliphatic heterocycles. The van der Waals surface area contributed by atoms with Crippen LogP contribution in [0.4, 0.5) is 13.2 Å². The monoisotopic (exact) mass is 319 g/mol. The van der Waals surface area contributed by atoms with E-state index in [9.17, 15) is 22.8 Å². The van der Waals surface area contributed by atoms with E-state index in [0.717, 1.165) is 11.3 Å². The van der Waals surface area contributed by atoms with Crippen LogP contribution in [0, 0.1) is 6.92 Å². The van der Waals surface area contributed by atoms with Crippen LogP contribution in [0.1, 0.15) is 36.0 Å². The van der Waals surface area contributed by atoms with Crippen molar-refractivity contribution in [3.8, 4) is 0 Å². The number of carbonyl (C=O) groups is 2. The van der Waals surface area contributed by atoms with E-state index in [-0.39, 0.29) is 36.7 Å². The largest absolute Gasteiger partial charge is 0.448 e. The van der Waals surface area contributed by atoms with Crippen LogP contribution in [0.3, 0.4) is 0 Å². The highest BCUT2D eigenvalue weighted by Crippen LogP contribution is 2.33. The zero-order chi connectivity index (χ0) is 16.5. The fourth-order valence-electron chi connectivity index (χ4n) is 2.59. The van der Waals surface area contributed by atoms with Gasteiger partial charge >= 0.3 is 6.18 Å². The Kier molecular flexibility index (Phi) is 4.43. The molecule has 1 aliphatic rings. The maximum atomic E-state index is 13.2. The predicted molar refractivity (Wildman–Crippen MR) is 69.0 cm³/mol. The third kappa shape index (κ3) is 3.40. The van der Waals surface area contributed by atoms with Gasteiger partial charge in [-0.3, -0.25) is 9.59 Å². The molecule has 2 atom stereocenters. The van der Waals surface area contributed by atoms with E-state index < -0.39 is 24.2 Å². The van der Waals surface area contributed by atoms with Crippen molar-refractivity contribution >= 4 is 11.8 Å². The highest BCUT2D eigenvalue weighted by Gasteiger charge is 2.48. The summed E-state index contributed by atoms with van der Waals surface area (Å²) in [7, 11) is 0. The highest BCUT2D eigenvalue weighted by molar-refractivity contribution is 5.93. The number of rotatable bonds is 2. The second-order valence-corrected chi connectivity index (χ2v) is 5.25. The van der Waals surface area contributed by atoms with Crippen molar-refractivity contribution in [3.63, 3.8) is 0 Å². The number of amides is 2. The molecule has 0 spiro atoms. The van der Waals surface area contributed by atoms with E-state index in [0.29, 0.717) is 0 Å². The number of hydrogen-bond donors (Lipinski definition) is 1. The number of oxazole rings is 1. The number of carbonyl (C=O) groups excluding carboxylic acids is 2. The fourth-order valence-corrected chi connectivity index (χ4v) is 2.59. The predicted octanol–water partition coefficient (Wildman–Crippen LogP) is 1.65. The van der Waals surface area contributed by atoms with Crippen molar-refractivity contribution in [2.24, 2.45) is 0 Å². The lowest BCUT2D eigenvalue weighted by molar-refractivity contribution is -0.184. The van der Waals surface area contributed by atoms with Crippen molar-refractivity contribution in [2.45, 2.75) is 44.9 Å². The van der Waals surface area contributed by atoms with Crippen molar-refractivity contribution in [2.75, 3.05) is 6.54 Å². The van der Waals surface area contributed by atoms with Gasteiger partial charge in [0.1, 0.15) is 11.8 Å². The number of aryl methyl sites for hydroxylation is 1. The lowest BCUT2D eigenvalue weighted by Crippen LogP contribution is -2.58. The minimum Gasteiger partial charge on any atom is -0.448 e. The van der Waals surface area contributed by atoms with Gasteiger partial charge in [0.25, 0.3) is 5.91 Å². The van der Waals surface area contributed by atoms with Gasteiger partial charge in [-0.25, -0.2) is 4.98 Å². The first-order chi connectivity index (χ1) is 10.2. The van der Waals surface area contributed by atoms with Gasteiger partial charge < -0.3 is 14.6 Å². The molecule has 0 aromatic carbocycles. The Morgan fingerprint density at radius 2 is 2.09 bits per heavy atom. The van der Waals surface area contributed by atoms with E-state index in [1.54, 1.807) is 0 Å². The summed E-state index contributed by atoms with van der Waals surface area (Å²) in [4.78, 5) is 27.8. The van der Waals surface area contributed by atoms with Crippen LogP contribution in [0.2, 0.25) is 0 Å². The molecule has 0 saturated carbocycles. The molecule has 1 N–H and O–H groups in total. The summed E-state index contributed by atoms with van der Waals surface area (Å²) in [5.41, 5.74) is -0.141. The van der Waals surface area contributed by atoms with Gasteiger partial charge in [0.2, 0.25) is 5.91 Å². The molecule has 0 bridgehead atoms. The van der Waals surface area contributed by atoms with E-state index >= 15 is 0 Å². The van der Waals surface area contributed by atoms with Crippen molar-refractivity contribution in [1.29, 1.82) is 0 Å². The van der Waals surface area contributed by atoms with Crippen molar-refractivity contribution < 1.29 is 27.2 Å². The van der Waals surface area contributed by atoms with Crippen LogP contribution in [0.25, 0.3) is 0 Å². The molecule has 2 rings (SSSR count). The Labute approximate surface area is 124 Å². The number of nitrogens with one attached hydrogen (secondary N) is 1. The second-order valence-electron chi connectivity index (χ2n) is 5.25. The third-order valence-corrected chi connectivity index (χ3v) is 3.58. The van der Waals surface area contributed by atoms with E-state index in [1.807, 2.05) is 0 Å². The highest BCUT2D eigenvalue weighted by atomic mass is 19.4. The molecular formula is C13H16F3N3O3. The standard InChI is InChI=1S/C13H16F3N3O3/c1-7-11(17-6-22-7)12(21)19-5-9(18-8(2)20)3-4-10(19)13(14,15)16/h6,9-10H,3-5H2,1-2H3,(H,18,20)/t9-,10+/m0/s1. The smallest absolute Gasteiger partial charge is 0.408 e. The van der Waals surface area contributed by atoms with Gasteiger partial charge in [0, 0.05) is 19.5 Å². The van der Waals surface area contributed by atoms with Crippen LogP contribution in [-0.4, -0.2) is 46.5 Å². The molecule has 1 aromatic heterocycles. The van der Waals surface area contributed by atoms with Crippen molar-refractivity contribution in [3.05, 3.63) is 17.8 Å². The molecule has 1 saturated heterocycles. The van der Waals surface area contributed by atoms with Crippen LogP contribution in [0.15, 0.2) is 10.8 Å². The summed E-state index contributed by atoms with van der Waals surface area (Å²) in [6.45, 7) is 2.52. The molecule has 9 heteroatoms. The Balaban J connectivity index is 2.25. The number of nitrogens with zero attached hydrogens (tertiary/aromatic N) is 2. The van der Waals surface area contributed by atoms with Crippen LogP contribution < -0.4 is 5.32 Å². The fraction of sp³-hybridized carbons (Fsp3) is 0.615. The summed E-state index contributed by atoms with van der Waals surface area (Å²) >= 11 is 0. The first-order valence-corrected chi connectivity index (χ1v) is 6.75. The maximum absolute atomic E-state index is 13.2. The average molecular weight is 319 g/mol. The van der Waals surface area contributed by atoms with Crippen LogP contribution >= 0.6 is 0 Å². The first-order valence-electron chi connectivity index (χ1n) is 6.75. The van der Waals surface area contributed by atoms with Gasteiger partial charge in [0.15, 0.2) is 12.1 Å². The summed E-state index contributed by atoms with van der Waals surface area (Å²) in [5, 5.41) is 2.55. The average Bonchev–Trinajstić information content (AvgIpc) is 2.82. The van der Waals surface area contributed by atoms with Gasteiger partial charge in [-0.1, -0.05) is 0 Å². The summed E-state index contributed by atoms with van der Waals surface area (Å²) < 4.78 is 44.4. The van der Waals surface area contributed by atoms with E-state index in [2.05, 4.69) is 10.3 Å². The molecule has 0 unspecified atom stereocenters. The Morgan fingerprint density at radius 3 is 2.59 bits per heavy atom. The molecule has 1 aromatic rings. The molecule has 0 aliphatic carbocycles. The first kappa shape index (κ1) is 16.3. The van der Waals surface area contributed by atoms with E-state index in [1.165, 1.54) is 13.8 Å². The normalized spacial score (nSPS) is 22.5. The van der Waals surface area contributed by atoms with E-state index in [4.69, 9.17) is 4.42 Å². The van der Waals surface area contributed by atoms with Gasteiger partial charge in [-0.2, -0.15) is 13.2 Å². The Bertz CT molecular complexity index is 570. The Morgan fingerprint density at radius 1 is 1.41 bits per heavy atom. The Hall–Kier alpha value is -2.06. The van der Waals surface area contributed by atoms with Crippen LogP contribution in [0.5, 0.6) is 0 Å². The molecule has 1 fully saturated rings. The molecule has 22 heavy (non-hydrogen) atoms. The van der Waals surface area contributed by atoms with Gasteiger partial charge in [-0.15, -0.1) is 0 Å². The number of likely N-dealkylation sites (tertiary alicyclic amines) is 1. The minimum atomic E-state index is -4.53. The molecule has 2 amide bonds. The molecule has 2 heterocycles. The molecule has 6 nitrogen and oxygen atoms in total. The topological polar surface area (TPSA) is 75.4 Å². The van der Waals surface area contributed by atoms with Gasteiger partial charge in [0.05, 0.1) is 0 Å². The molecular weight excluding hydrogens is 303 g/mol. The molecule has 122 valence electrons. The SMILES string of the molecule is CC(=O)N[C@H]1CC[C@H](C(F)(F)F)N(C(=O)c2ncoc2C)C1. The quantitative estimate of drug-likeness (QED) is 0.899. The number of alkyl halides is 3. The number of piperidine rings is 1. The zero-order valence-corrected chi connectivity index (χ0v) is 12.1. The minimum absolute atomic E-state index is 0.141. The number of hydrogen-bond acceptors (Lipinski definition) is 4.